The maximum atomic E-state index is 10.8. The van der Waals surface area contributed by atoms with Gasteiger partial charge in [0.05, 0.1) is 0 Å². The van der Waals surface area contributed by atoms with E-state index in [0.717, 1.165) is 11.9 Å². The first kappa shape index (κ1) is 9.95. The Morgan fingerprint density at radius 2 is 2.20 bits per heavy atom. The highest BCUT2D eigenvalue weighted by Crippen LogP contribution is 1.90. The summed E-state index contributed by atoms with van der Waals surface area (Å²) in [5.41, 5.74) is 0. The fraction of sp³-hybridized carbons (Fsp3) is 0.857. The van der Waals surface area contributed by atoms with Crippen LogP contribution in [0.1, 0.15) is 20.3 Å². The lowest BCUT2D eigenvalue weighted by Gasteiger charge is -2.05. The smallest absolute Gasteiger partial charge is 0.220 e. The van der Waals surface area contributed by atoms with Gasteiger partial charge in [-0.1, -0.05) is 29.8 Å². The maximum absolute atomic E-state index is 10.8. The van der Waals surface area contributed by atoms with Crippen LogP contribution in [0.25, 0.3) is 0 Å². The molecule has 0 saturated heterocycles. The second-order valence-corrected chi connectivity index (χ2v) is 3.43. The average Bonchev–Trinajstić information content (AvgIpc) is 1.85. The molecule has 10 heavy (non-hydrogen) atoms. The molecule has 0 aliphatic rings. The van der Waals surface area contributed by atoms with Crippen LogP contribution in [0.15, 0.2) is 0 Å². The summed E-state index contributed by atoms with van der Waals surface area (Å²) in [5, 5.41) is 3.56. The number of hydrogen-bond donors (Lipinski definition) is 1. The van der Waals surface area contributed by atoms with Gasteiger partial charge < -0.3 is 5.32 Å². The van der Waals surface area contributed by atoms with Crippen LogP contribution in [-0.2, 0) is 4.79 Å². The minimum absolute atomic E-state index is 0.130. The van der Waals surface area contributed by atoms with Gasteiger partial charge in [0.2, 0.25) is 5.91 Å². The molecule has 0 aromatic carbocycles. The van der Waals surface area contributed by atoms with Gasteiger partial charge in [0.1, 0.15) is 0 Å². The number of rotatable bonds is 4. The molecule has 1 N–H and O–H groups in total. The van der Waals surface area contributed by atoms with Crippen molar-refractivity contribution >= 4 is 21.8 Å². The molecule has 3 heteroatoms. The Bertz CT molecular complexity index is 104. The molecular weight excluding hydrogens is 194 g/mol. The fourth-order valence-electron chi connectivity index (χ4n) is 0.492. The Morgan fingerprint density at radius 1 is 1.60 bits per heavy atom. The molecule has 2 nitrogen and oxygen atoms in total. The third-order valence-corrected chi connectivity index (χ3v) is 1.43. The van der Waals surface area contributed by atoms with Crippen LogP contribution >= 0.6 is 15.9 Å². The molecule has 0 radical (unpaired) electrons. The molecule has 0 heterocycles. The summed E-state index contributed by atoms with van der Waals surface area (Å²) < 4.78 is 0. The van der Waals surface area contributed by atoms with Crippen LogP contribution < -0.4 is 5.32 Å². The van der Waals surface area contributed by atoms with Crippen molar-refractivity contribution in [2.75, 3.05) is 11.9 Å². The van der Waals surface area contributed by atoms with E-state index in [9.17, 15) is 4.79 Å². The molecule has 0 atom stereocenters. The zero-order valence-electron chi connectivity index (χ0n) is 6.48. The highest BCUT2D eigenvalue weighted by molar-refractivity contribution is 9.09. The zero-order chi connectivity index (χ0) is 7.98. The monoisotopic (exact) mass is 207 g/mol. The minimum Gasteiger partial charge on any atom is -0.356 e. The number of amides is 1. The second-order valence-electron chi connectivity index (χ2n) is 2.64. The number of carbonyl (C=O) groups is 1. The van der Waals surface area contributed by atoms with Crippen molar-refractivity contribution < 1.29 is 4.79 Å². The molecular formula is C7H14BrNO. The van der Waals surface area contributed by atoms with Gasteiger partial charge in [-0.15, -0.1) is 0 Å². The van der Waals surface area contributed by atoms with E-state index in [1.165, 1.54) is 0 Å². The van der Waals surface area contributed by atoms with Gasteiger partial charge in [0, 0.05) is 18.3 Å². The lowest BCUT2D eigenvalue weighted by atomic mass is 10.2. The van der Waals surface area contributed by atoms with Gasteiger partial charge in [-0.2, -0.15) is 0 Å². The van der Waals surface area contributed by atoms with Crippen LogP contribution in [0.5, 0.6) is 0 Å². The Hall–Kier alpha value is -0.0500. The molecule has 60 valence electrons. The van der Waals surface area contributed by atoms with Crippen molar-refractivity contribution in [2.45, 2.75) is 20.3 Å². The highest BCUT2D eigenvalue weighted by atomic mass is 79.9. The van der Waals surface area contributed by atoms with Crippen molar-refractivity contribution in [1.29, 1.82) is 0 Å². The summed E-state index contributed by atoms with van der Waals surface area (Å²) in [6.07, 6.45) is 0.576. The third-order valence-electron chi connectivity index (χ3n) is 1.03. The number of alkyl halides is 1. The number of carbonyl (C=O) groups excluding carboxylic acids is 1. The van der Waals surface area contributed by atoms with E-state index in [1.54, 1.807) is 0 Å². The summed E-state index contributed by atoms with van der Waals surface area (Å²) in [4.78, 5) is 10.8. The molecule has 0 spiro atoms. The normalized spacial score (nSPS) is 10.0. The predicted molar refractivity (Wildman–Crippen MR) is 46.3 cm³/mol. The maximum Gasteiger partial charge on any atom is 0.220 e. The van der Waals surface area contributed by atoms with Crippen LogP contribution in [0.4, 0.5) is 0 Å². The Morgan fingerprint density at radius 3 is 2.60 bits per heavy atom. The van der Waals surface area contributed by atoms with Gasteiger partial charge >= 0.3 is 0 Å². The highest BCUT2D eigenvalue weighted by Gasteiger charge is 1.99. The van der Waals surface area contributed by atoms with E-state index in [2.05, 4.69) is 35.1 Å². The van der Waals surface area contributed by atoms with Crippen molar-refractivity contribution in [3.8, 4) is 0 Å². The third kappa shape index (κ3) is 6.08. The van der Waals surface area contributed by atoms with E-state index in [4.69, 9.17) is 0 Å². The van der Waals surface area contributed by atoms with Crippen molar-refractivity contribution in [3.63, 3.8) is 0 Å². The summed E-state index contributed by atoms with van der Waals surface area (Å²) >= 11 is 3.20. The van der Waals surface area contributed by atoms with E-state index in [1.807, 2.05) is 0 Å². The molecule has 0 aromatic heterocycles. The van der Waals surface area contributed by atoms with E-state index in [-0.39, 0.29) is 5.91 Å². The van der Waals surface area contributed by atoms with E-state index < -0.39 is 0 Å². The van der Waals surface area contributed by atoms with Gasteiger partial charge in [0.15, 0.2) is 0 Å². The van der Waals surface area contributed by atoms with Crippen molar-refractivity contribution in [3.05, 3.63) is 0 Å². The van der Waals surface area contributed by atoms with Gasteiger partial charge in [0.25, 0.3) is 0 Å². The lowest BCUT2D eigenvalue weighted by Crippen LogP contribution is -2.27. The first-order valence-corrected chi connectivity index (χ1v) is 4.61. The van der Waals surface area contributed by atoms with Gasteiger partial charge in [-0.3, -0.25) is 4.79 Å². The Kier molecular flexibility index (Phi) is 5.69. The molecule has 0 aromatic rings. The summed E-state index contributed by atoms with van der Waals surface area (Å²) in [6.45, 7) is 4.94. The standard InChI is InChI=1S/C7H14BrNO/c1-6(2)5-9-7(10)3-4-8/h6H,3-5H2,1-2H3,(H,9,10). The number of nitrogens with one attached hydrogen (secondary N) is 1. The molecule has 0 aliphatic carbocycles. The average molecular weight is 208 g/mol. The molecule has 1 amide bonds. The summed E-state index contributed by atoms with van der Waals surface area (Å²) in [7, 11) is 0. The molecule has 0 bridgehead atoms. The quantitative estimate of drug-likeness (QED) is 0.697. The molecule has 0 unspecified atom stereocenters. The lowest BCUT2D eigenvalue weighted by molar-refractivity contribution is -0.120. The first-order valence-electron chi connectivity index (χ1n) is 3.49. The Labute approximate surface area is 70.5 Å². The summed E-state index contributed by atoms with van der Waals surface area (Å²) in [6, 6.07) is 0. The second kappa shape index (κ2) is 5.71. The largest absolute Gasteiger partial charge is 0.356 e. The summed E-state index contributed by atoms with van der Waals surface area (Å²) in [5.74, 6) is 0.671. The molecule has 0 rings (SSSR count). The van der Waals surface area contributed by atoms with E-state index in [0.29, 0.717) is 12.3 Å². The topological polar surface area (TPSA) is 29.1 Å². The first-order chi connectivity index (χ1) is 4.66. The van der Waals surface area contributed by atoms with Crippen LogP contribution in [0, 0.1) is 5.92 Å². The van der Waals surface area contributed by atoms with Crippen LogP contribution in [0.2, 0.25) is 0 Å². The predicted octanol–water partition coefficient (Wildman–Crippen LogP) is 1.54. The minimum atomic E-state index is 0.130. The van der Waals surface area contributed by atoms with Gasteiger partial charge in [-0.25, -0.2) is 0 Å². The number of halogens is 1. The van der Waals surface area contributed by atoms with Crippen LogP contribution in [0.3, 0.4) is 0 Å². The Balaban J connectivity index is 3.22. The molecule has 0 aliphatic heterocycles. The zero-order valence-corrected chi connectivity index (χ0v) is 8.07. The SMILES string of the molecule is CC(C)CNC(=O)CCBr. The fourth-order valence-corrected chi connectivity index (χ4v) is 0.852. The van der Waals surface area contributed by atoms with E-state index >= 15 is 0 Å². The van der Waals surface area contributed by atoms with Crippen molar-refractivity contribution in [1.82, 2.24) is 5.32 Å². The van der Waals surface area contributed by atoms with Gasteiger partial charge in [-0.05, 0) is 5.92 Å². The molecule has 0 saturated carbocycles. The van der Waals surface area contributed by atoms with Crippen LogP contribution in [-0.4, -0.2) is 17.8 Å². The van der Waals surface area contributed by atoms with Crippen molar-refractivity contribution in [2.24, 2.45) is 5.92 Å². The number of hydrogen-bond acceptors (Lipinski definition) is 1. The molecule has 0 fully saturated rings.